The third-order valence-corrected chi connectivity index (χ3v) is 4.31. The maximum absolute atomic E-state index is 2.42. The fourth-order valence-electron chi connectivity index (χ4n) is 3.42. The molecule has 0 N–H and O–H groups in total. The van der Waals surface area contributed by atoms with Crippen molar-refractivity contribution in [3.8, 4) is 5.69 Å². The molecule has 0 saturated carbocycles. The molecular formula is C17H14N3+. The monoisotopic (exact) mass is 260 g/mol. The van der Waals surface area contributed by atoms with Gasteiger partial charge in [-0.05, 0) is 12.1 Å². The minimum absolute atomic E-state index is 0.942. The first-order valence-corrected chi connectivity index (χ1v) is 6.96. The number of imidazole rings is 1. The number of nitrogens with zero attached hydrogens (tertiary/aromatic N) is 3. The van der Waals surface area contributed by atoms with Gasteiger partial charge in [0.15, 0.2) is 0 Å². The molecule has 0 saturated heterocycles. The summed E-state index contributed by atoms with van der Waals surface area (Å²) in [4.78, 5) is 2.42. The SMILES string of the molecule is c1ccc2c(c1)C[n+]1ccn3c1N2Cc1ccccc1-3. The Morgan fingerprint density at radius 1 is 0.850 bits per heavy atom. The van der Waals surface area contributed by atoms with Crippen LogP contribution in [0.3, 0.4) is 0 Å². The minimum Gasteiger partial charge on any atom is -0.230 e. The predicted octanol–water partition coefficient (Wildman–Crippen LogP) is 2.78. The van der Waals surface area contributed by atoms with E-state index in [2.05, 4.69) is 75.0 Å². The van der Waals surface area contributed by atoms with Crippen molar-refractivity contribution in [1.29, 1.82) is 0 Å². The lowest BCUT2D eigenvalue weighted by molar-refractivity contribution is -0.676. The van der Waals surface area contributed by atoms with Crippen LogP contribution in [0.1, 0.15) is 11.1 Å². The van der Waals surface area contributed by atoms with Crippen LogP contribution in [0.15, 0.2) is 60.9 Å². The molecule has 1 aromatic heterocycles. The van der Waals surface area contributed by atoms with Crippen LogP contribution >= 0.6 is 0 Å². The van der Waals surface area contributed by atoms with Crippen LogP contribution in [0, 0.1) is 0 Å². The Kier molecular flexibility index (Phi) is 1.80. The van der Waals surface area contributed by atoms with Crippen molar-refractivity contribution in [2.45, 2.75) is 13.1 Å². The van der Waals surface area contributed by atoms with E-state index in [1.807, 2.05) is 0 Å². The van der Waals surface area contributed by atoms with Gasteiger partial charge in [-0.15, -0.1) is 0 Å². The first-order valence-electron chi connectivity index (χ1n) is 6.96. The predicted molar refractivity (Wildman–Crippen MR) is 77.4 cm³/mol. The molecule has 0 spiro atoms. The molecule has 2 aliphatic rings. The molecule has 2 aromatic carbocycles. The zero-order valence-corrected chi connectivity index (χ0v) is 11.0. The number of hydrogen-bond donors (Lipinski definition) is 0. The average Bonchev–Trinajstić information content (AvgIpc) is 2.92. The Morgan fingerprint density at radius 3 is 2.50 bits per heavy atom. The van der Waals surface area contributed by atoms with E-state index >= 15 is 0 Å². The largest absolute Gasteiger partial charge is 0.370 e. The fourth-order valence-corrected chi connectivity index (χ4v) is 3.42. The fraction of sp³-hybridized carbons (Fsp3) is 0.118. The Labute approximate surface area is 117 Å². The topological polar surface area (TPSA) is 12.0 Å². The zero-order chi connectivity index (χ0) is 13.1. The Bertz CT molecular complexity index is 832. The third kappa shape index (κ3) is 1.17. The summed E-state index contributed by atoms with van der Waals surface area (Å²) in [6.45, 7) is 1.90. The average molecular weight is 260 g/mol. The van der Waals surface area contributed by atoms with E-state index in [1.54, 1.807) is 0 Å². The number of benzene rings is 2. The minimum atomic E-state index is 0.942. The first-order chi connectivity index (χ1) is 9.92. The Balaban J connectivity index is 1.82. The van der Waals surface area contributed by atoms with Gasteiger partial charge in [-0.2, -0.15) is 0 Å². The van der Waals surface area contributed by atoms with Crippen molar-refractivity contribution in [2.24, 2.45) is 0 Å². The highest BCUT2D eigenvalue weighted by Crippen LogP contribution is 2.37. The van der Waals surface area contributed by atoms with Crippen molar-refractivity contribution in [2.75, 3.05) is 4.90 Å². The number of rotatable bonds is 0. The summed E-state index contributed by atoms with van der Waals surface area (Å²) in [5, 5.41) is 0. The second kappa shape index (κ2) is 3.51. The number of hydrogen-bond acceptors (Lipinski definition) is 1. The van der Waals surface area contributed by atoms with Crippen molar-refractivity contribution < 1.29 is 4.57 Å². The summed E-state index contributed by atoms with van der Waals surface area (Å²) in [6.07, 6.45) is 4.35. The van der Waals surface area contributed by atoms with Gasteiger partial charge in [-0.1, -0.05) is 36.4 Å². The maximum atomic E-state index is 2.42. The van der Waals surface area contributed by atoms with Crippen molar-refractivity contribution in [3.63, 3.8) is 0 Å². The summed E-state index contributed by atoms with van der Waals surface area (Å²) in [7, 11) is 0. The van der Waals surface area contributed by atoms with Gasteiger partial charge in [0.1, 0.15) is 30.7 Å². The molecule has 0 radical (unpaired) electrons. The van der Waals surface area contributed by atoms with Crippen molar-refractivity contribution in [1.82, 2.24) is 4.57 Å². The zero-order valence-electron chi connectivity index (χ0n) is 11.0. The molecule has 0 aliphatic carbocycles. The van der Waals surface area contributed by atoms with Gasteiger partial charge in [0, 0.05) is 11.1 Å². The molecule has 3 aromatic rings. The normalized spacial score (nSPS) is 14.5. The standard InChI is InChI=1S/C17H14N3/c1-4-8-16-13(5-1)11-18-9-10-19-15-7-3-2-6-14(15)12-20(16)17(18)19/h1-10H,11-12H2/q+1. The lowest BCUT2D eigenvalue weighted by Gasteiger charge is -2.29. The molecule has 3 heterocycles. The van der Waals surface area contributed by atoms with Crippen LogP contribution in [0.25, 0.3) is 5.69 Å². The van der Waals surface area contributed by atoms with Crippen LogP contribution in [0.4, 0.5) is 11.6 Å². The maximum Gasteiger partial charge on any atom is 0.370 e. The summed E-state index contributed by atoms with van der Waals surface area (Å²) in [6, 6.07) is 17.4. The van der Waals surface area contributed by atoms with Crippen molar-refractivity contribution in [3.05, 3.63) is 72.1 Å². The summed E-state index contributed by atoms with van der Waals surface area (Å²) in [5.41, 5.74) is 5.40. The summed E-state index contributed by atoms with van der Waals surface area (Å²) in [5.74, 6) is 1.27. The summed E-state index contributed by atoms with van der Waals surface area (Å²) >= 11 is 0. The van der Waals surface area contributed by atoms with Gasteiger partial charge in [0.2, 0.25) is 0 Å². The second-order valence-electron chi connectivity index (χ2n) is 5.44. The highest BCUT2D eigenvalue weighted by Gasteiger charge is 2.37. The highest BCUT2D eigenvalue weighted by atomic mass is 15.4. The van der Waals surface area contributed by atoms with Crippen molar-refractivity contribution >= 4 is 11.6 Å². The van der Waals surface area contributed by atoms with Crippen LogP contribution in [-0.4, -0.2) is 4.57 Å². The van der Waals surface area contributed by atoms with E-state index in [1.165, 1.54) is 28.5 Å². The van der Waals surface area contributed by atoms with Gasteiger partial charge in [-0.25, -0.2) is 14.0 Å². The smallest absolute Gasteiger partial charge is 0.230 e. The van der Waals surface area contributed by atoms with Crippen LogP contribution in [-0.2, 0) is 13.1 Å². The highest BCUT2D eigenvalue weighted by molar-refractivity contribution is 5.67. The Morgan fingerprint density at radius 2 is 1.60 bits per heavy atom. The molecule has 2 aliphatic heterocycles. The van der Waals surface area contributed by atoms with E-state index in [4.69, 9.17) is 0 Å². The molecule has 3 heteroatoms. The molecule has 3 nitrogen and oxygen atoms in total. The lowest BCUT2D eigenvalue weighted by Crippen LogP contribution is -2.45. The van der Waals surface area contributed by atoms with Crippen LogP contribution in [0.2, 0.25) is 0 Å². The number of para-hydroxylation sites is 2. The third-order valence-electron chi connectivity index (χ3n) is 4.31. The van der Waals surface area contributed by atoms with E-state index in [0.29, 0.717) is 0 Å². The first kappa shape index (κ1) is 10.3. The molecule has 20 heavy (non-hydrogen) atoms. The molecule has 5 rings (SSSR count). The second-order valence-corrected chi connectivity index (χ2v) is 5.44. The molecule has 0 unspecified atom stereocenters. The van der Waals surface area contributed by atoms with E-state index < -0.39 is 0 Å². The van der Waals surface area contributed by atoms with E-state index in [-0.39, 0.29) is 0 Å². The van der Waals surface area contributed by atoms with Crippen LogP contribution < -0.4 is 9.47 Å². The molecule has 0 bridgehead atoms. The molecule has 0 amide bonds. The Hall–Kier alpha value is -2.55. The molecule has 0 fully saturated rings. The lowest BCUT2D eigenvalue weighted by atomic mass is 10.1. The van der Waals surface area contributed by atoms with Gasteiger partial charge >= 0.3 is 5.95 Å². The molecular weight excluding hydrogens is 246 g/mol. The van der Waals surface area contributed by atoms with Gasteiger partial charge < -0.3 is 0 Å². The van der Waals surface area contributed by atoms with Crippen LogP contribution in [0.5, 0.6) is 0 Å². The van der Waals surface area contributed by atoms with Gasteiger partial charge in [0.25, 0.3) is 0 Å². The molecule has 0 atom stereocenters. The molecule has 96 valence electrons. The number of aromatic nitrogens is 2. The summed E-state index contributed by atoms with van der Waals surface area (Å²) < 4.78 is 4.63. The number of anilines is 2. The van der Waals surface area contributed by atoms with E-state index in [0.717, 1.165) is 13.1 Å². The number of fused-ring (bicyclic) bond motifs is 4. The van der Waals surface area contributed by atoms with Gasteiger partial charge in [0.05, 0.1) is 6.20 Å². The van der Waals surface area contributed by atoms with Gasteiger partial charge in [-0.3, -0.25) is 0 Å². The van der Waals surface area contributed by atoms with E-state index in [9.17, 15) is 0 Å². The quantitative estimate of drug-likeness (QED) is 0.566.